The molecule has 2 heterocycles. The Morgan fingerprint density at radius 2 is 2.19 bits per heavy atom. The van der Waals surface area contributed by atoms with Gasteiger partial charge in [0.25, 0.3) is 0 Å². The Balaban J connectivity index is 1.76. The highest BCUT2D eigenvalue weighted by Gasteiger charge is 2.18. The molecule has 0 saturated heterocycles. The van der Waals surface area contributed by atoms with Crippen LogP contribution < -0.4 is 14.2 Å². The Hall–Kier alpha value is -2.44. The van der Waals surface area contributed by atoms with Gasteiger partial charge < -0.3 is 19.1 Å². The summed E-state index contributed by atoms with van der Waals surface area (Å²) in [7, 11) is 1.57. The van der Waals surface area contributed by atoms with Crippen molar-refractivity contribution < 1.29 is 19.0 Å². The van der Waals surface area contributed by atoms with Crippen molar-refractivity contribution in [1.29, 1.82) is 0 Å². The number of carbonyl (C=O) groups is 1. The van der Waals surface area contributed by atoms with Crippen molar-refractivity contribution >= 4 is 34.9 Å². The Morgan fingerprint density at radius 1 is 1.37 bits per heavy atom. The highest BCUT2D eigenvalue weighted by molar-refractivity contribution is 7.16. The lowest BCUT2D eigenvalue weighted by atomic mass is 10.1. The molecule has 0 saturated carbocycles. The van der Waals surface area contributed by atoms with Gasteiger partial charge in [0, 0.05) is 17.5 Å². The molecule has 27 heavy (non-hydrogen) atoms. The summed E-state index contributed by atoms with van der Waals surface area (Å²) in [6, 6.07) is 7.40. The summed E-state index contributed by atoms with van der Waals surface area (Å²) in [6.07, 6.45) is 4.97. The molecule has 142 valence electrons. The topological polar surface area (TPSA) is 48.0 Å². The number of ether oxygens (including phenoxy) is 3. The van der Waals surface area contributed by atoms with Crippen LogP contribution in [0.25, 0.3) is 6.08 Å². The molecule has 2 aromatic rings. The van der Waals surface area contributed by atoms with E-state index < -0.39 is 0 Å². The fourth-order valence-corrected chi connectivity index (χ4v) is 3.78. The Labute approximate surface area is 167 Å². The molecule has 0 radical (unpaired) electrons. The Bertz CT molecular complexity index is 844. The number of carbonyl (C=O) groups excluding carboxylic acids is 1. The molecule has 0 aliphatic carbocycles. The van der Waals surface area contributed by atoms with Crippen LogP contribution in [0.2, 0.25) is 4.34 Å². The van der Waals surface area contributed by atoms with Crippen LogP contribution in [0.5, 0.6) is 17.2 Å². The average Bonchev–Trinajstić information content (AvgIpc) is 3.09. The van der Waals surface area contributed by atoms with Crippen molar-refractivity contribution in [2.24, 2.45) is 0 Å². The summed E-state index contributed by atoms with van der Waals surface area (Å²) in [5, 5.41) is 0. The maximum atomic E-state index is 12.6. The molecule has 0 spiro atoms. The first kappa shape index (κ1) is 19.3. The molecule has 0 unspecified atom stereocenters. The van der Waals surface area contributed by atoms with Gasteiger partial charge in [-0.1, -0.05) is 17.7 Å². The van der Waals surface area contributed by atoms with Gasteiger partial charge >= 0.3 is 0 Å². The molecular weight excluding hydrogens is 386 g/mol. The van der Waals surface area contributed by atoms with Crippen LogP contribution in [0.1, 0.15) is 10.4 Å². The summed E-state index contributed by atoms with van der Waals surface area (Å²) >= 11 is 7.44. The van der Waals surface area contributed by atoms with Crippen molar-refractivity contribution in [1.82, 2.24) is 4.90 Å². The van der Waals surface area contributed by atoms with E-state index in [2.05, 4.69) is 6.58 Å². The lowest BCUT2D eigenvalue weighted by Gasteiger charge is -2.21. The molecular formula is C20H20ClNO4S. The summed E-state index contributed by atoms with van der Waals surface area (Å²) < 4.78 is 17.3. The molecule has 1 aliphatic heterocycles. The standard InChI is InChI=1S/C20H20ClNO4S/c1-3-8-22(13-15-5-6-18(21)27-15)19(23)7-4-14-11-16(24-2)20-17(12-14)25-9-10-26-20/h3-7,11-12H,1,8-10,13H2,2H3/b7-4+. The van der Waals surface area contributed by atoms with E-state index in [-0.39, 0.29) is 5.91 Å². The lowest BCUT2D eigenvalue weighted by Crippen LogP contribution is -2.28. The van der Waals surface area contributed by atoms with Crippen LogP contribution in [0, 0.1) is 0 Å². The first-order chi connectivity index (χ1) is 13.1. The molecule has 1 aromatic heterocycles. The van der Waals surface area contributed by atoms with Gasteiger partial charge in [-0.15, -0.1) is 17.9 Å². The van der Waals surface area contributed by atoms with Crippen molar-refractivity contribution in [2.75, 3.05) is 26.9 Å². The summed E-state index contributed by atoms with van der Waals surface area (Å²) in [5.74, 6) is 1.67. The van der Waals surface area contributed by atoms with Crippen LogP contribution in [-0.2, 0) is 11.3 Å². The number of amides is 1. The van der Waals surface area contributed by atoms with Crippen LogP contribution in [0.15, 0.2) is 43.0 Å². The normalized spacial score (nSPS) is 12.8. The fourth-order valence-electron chi connectivity index (χ4n) is 2.68. The summed E-state index contributed by atoms with van der Waals surface area (Å²) in [5.41, 5.74) is 0.794. The van der Waals surface area contributed by atoms with Crippen LogP contribution in [-0.4, -0.2) is 37.7 Å². The second-order valence-electron chi connectivity index (χ2n) is 5.79. The smallest absolute Gasteiger partial charge is 0.247 e. The zero-order chi connectivity index (χ0) is 19.2. The number of thiophene rings is 1. The SMILES string of the molecule is C=CCN(Cc1ccc(Cl)s1)C(=O)/C=C/c1cc(OC)c2c(c1)OCCO2. The number of methoxy groups -OCH3 is 1. The highest BCUT2D eigenvalue weighted by Crippen LogP contribution is 2.40. The molecule has 7 heteroatoms. The number of nitrogens with zero attached hydrogens (tertiary/aromatic N) is 1. The van der Waals surface area contributed by atoms with Crippen molar-refractivity contribution in [2.45, 2.75) is 6.54 Å². The third-order valence-corrected chi connectivity index (χ3v) is 5.12. The van der Waals surface area contributed by atoms with Gasteiger partial charge in [0.05, 0.1) is 18.0 Å². The van der Waals surface area contributed by atoms with Gasteiger partial charge in [-0.05, 0) is 35.9 Å². The summed E-state index contributed by atoms with van der Waals surface area (Å²) in [6.45, 7) is 5.63. The minimum absolute atomic E-state index is 0.117. The number of halogens is 1. The second-order valence-corrected chi connectivity index (χ2v) is 7.59. The predicted octanol–water partition coefficient (Wildman–Crippen LogP) is 4.41. The van der Waals surface area contributed by atoms with Crippen molar-refractivity contribution in [3.63, 3.8) is 0 Å². The third kappa shape index (κ3) is 4.84. The van der Waals surface area contributed by atoms with Crippen LogP contribution in [0.4, 0.5) is 0 Å². The lowest BCUT2D eigenvalue weighted by molar-refractivity contribution is -0.126. The molecule has 1 aromatic carbocycles. The van der Waals surface area contributed by atoms with Gasteiger partial charge in [-0.2, -0.15) is 0 Å². The van der Waals surface area contributed by atoms with Crippen molar-refractivity contribution in [3.05, 3.63) is 57.8 Å². The molecule has 3 rings (SSSR count). The Morgan fingerprint density at radius 3 is 2.89 bits per heavy atom. The third-order valence-electron chi connectivity index (χ3n) is 3.91. The first-order valence-electron chi connectivity index (χ1n) is 8.40. The monoisotopic (exact) mass is 405 g/mol. The quantitative estimate of drug-likeness (QED) is 0.505. The van der Waals surface area contributed by atoms with Crippen molar-refractivity contribution in [3.8, 4) is 17.2 Å². The molecule has 0 atom stereocenters. The number of hydrogen-bond acceptors (Lipinski definition) is 5. The minimum Gasteiger partial charge on any atom is -0.493 e. The zero-order valence-electron chi connectivity index (χ0n) is 14.9. The average molecular weight is 406 g/mol. The fraction of sp³-hybridized carbons (Fsp3) is 0.250. The van der Waals surface area contributed by atoms with Gasteiger partial charge in [0.1, 0.15) is 13.2 Å². The molecule has 0 bridgehead atoms. The number of fused-ring (bicyclic) bond motifs is 1. The molecule has 0 N–H and O–H groups in total. The van der Waals surface area contributed by atoms with Gasteiger partial charge in [0.15, 0.2) is 11.5 Å². The number of rotatable bonds is 7. The number of hydrogen-bond donors (Lipinski definition) is 0. The van der Waals surface area contributed by atoms with E-state index in [1.807, 2.05) is 24.3 Å². The maximum absolute atomic E-state index is 12.6. The van der Waals surface area contributed by atoms with Gasteiger partial charge in [0.2, 0.25) is 11.7 Å². The van der Waals surface area contributed by atoms with Gasteiger partial charge in [-0.3, -0.25) is 4.79 Å². The van der Waals surface area contributed by atoms with E-state index in [9.17, 15) is 4.79 Å². The molecule has 5 nitrogen and oxygen atoms in total. The van der Waals surface area contributed by atoms with E-state index in [1.54, 1.807) is 24.2 Å². The second kappa shape index (κ2) is 8.97. The first-order valence-corrected chi connectivity index (χ1v) is 9.60. The van der Waals surface area contributed by atoms with Crippen LogP contribution in [0.3, 0.4) is 0 Å². The van der Waals surface area contributed by atoms with E-state index >= 15 is 0 Å². The summed E-state index contributed by atoms with van der Waals surface area (Å²) in [4.78, 5) is 15.4. The van der Waals surface area contributed by atoms with E-state index in [0.717, 1.165) is 10.4 Å². The van der Waals surface area contributed by atoms with Crippen LogP contribution >= 0.6 is 22.9 Å². The predicted molar refractivity (Wildman–Crippen MR) is 108 cm³/mol. The van der Waals surface area contributed by atoms with E-state index in [1.165, 1.54) is 17.4 Å². The number of benzene rings is 1. The van der Waals surface area contributed by atoms with Gasteiger partial charge in [-0.25, -0.2) is 0 Å². The maximum Gasteiger partial charge on any atom is 0.247 e. The highest BCUT2D eigenvalue weighted by atomic mass is 35.5. The Kier molecular flexibility index (Phi) is 6.42. The minimum atomic E-state index is -0.117. The zero-order valence-corrected chi connectivity index (χ0v) is 16.5. The largest absolute Gasteiger partial charge is 0.493 e. The van der Waals surface area contributed by atoms with E-state index in [4.69, 9.17) is 25.8 Å². The molecule has 0 fully saturated rings. The molecule has 1 amide bonds. The van der Waals surface area contributed by atoms with E-state index in [0.29, 0.717) is 47.9 Å². The molecule has 1 aliphatic rings.